The van der Waals surface area contributed by atoms with E-state index in [9.17, 15) is 0 Å². The number of amidine groups is 1. The molecule has 0 bridgehead atoms. The van der Waals surface area contributed by atoms with E-state index in [1.54, 1.807) is 11.3 Å². The van der Waals surface area contributed by atoms with Gasteiger partial charge in [0.1, 0.15) is 5.84 Å². The minimum Gasteiger partial charge on any atom is -0.409 e. The van der Waals surface area contributed by atoms with Crippen molar-refractivity contribution in [1.82, 2.24) is 5.32 Å². The number of oxime groups is 1. The Morgan fingerprint density at radius 3 is 3.00 bits per heavy atom. The lowest BCUT2D eigenvalue weighted by molar-refractivity contribution is 0.313. The maximum absolute atomic E-state index is 8.62. The summed E-state index contributed by atoms with van der Waals surface area (Å²) < 4.78 is 0. The third kappa shape index (κ3) is 3.71. The van der Waals surface area contributed by atoms with Crippen molar-refractivity contribution in [3.05, 3.63) is 22.4 Å². The van der Waals surface area contributed by atoms with Gasteiger partial charge in [-0.25, -0.2) is 0 Å². The summed E-state index contributed by atoms with van der Waals surface area (Å²) in [5, 5.41) is 19.6. The zero-order valence-electron chi connectivity index (χ0n) is 10.7. The number of rotatable bonds is 7. The molecule has 0 radical (unpaired) electrons. The topological polar surface area (TPSA) is 70.6 Å². The summed E-state index contributed by atoms with van der Waals surface area (Å²) in [7, 11) is 0. The molecule has 1 aliphatic carbocycles. The van der Waals surface area contributed by atoms with E-state index in [0.717, 1.165) is 13.0 Å². The average molecular weight is 267 g/mol. The van der Waals surface area contributed by atoms with Crippen LogP contribution < -0.4 is 11.1 Å². The number of hydrogen-bond donors (Lipinski definition) is 3. The first-order valence-corrected chi connectivity index (χ1v) is 7.29. The molecular weight excluding hydrogens is 246 g/mol. The van der Waals surface area contributed by atoms with Crippen molar-refractivity contribution in [2.45, 2.75) is 38.6 Å². The summed E-state index contributed by atoms with van der Waals surface area (Å²) in [6.07, 6.45) is 4.09. The number of thiophene rings is 1. The first-order chi connectivity index (χ1) is 8.63. The lowest BCUT2D eigenvalue weighted by atomic mass is 10.0. The van der Waals surface area contributed by atoms with Crippen molar-refractivity contribution >= 4 is 17.2 Å². The fourth-order valence-electron chi connectivity index (χ4n) is 2.24. The number of hydrogen-bond acceptors (Lipinski definition) is 4. The SMILES string of the molecule is CC(Cc1ccsc1)NCC1(CC(N)=NO)CC1. The molecule has 1 saturated carbocycles. The van der Waals surface area contributed by atoms with Gasteiger partial charge in [0, 0.05) is 19.0 Å². The maximum atomic E-state index is 8.62. The Kier molecular flexibility index (Phi) is 4.24. The van der Waals surface area contributed by atoms with Crippen LogP contribution in [0.1, 0.15) is 31.7 Å². The van der Waals surface area contributed by atoms with Gasteiger partial charge in [0.15, 0.2) is 0 Å². The molecule has 1 unspecified atom stereocenters. The Morgan fingerprint density at radius 1 is 1.67 bits per heavy atom. The highest BCUT2D eigenvalue weighted by atomic mass is 32.1. The van der Waals surface area contributed by atoms with Crippen molar-refractivity contribution in [2.75, 3.05) is 6.54 Å². The van der Waals surface area contributed by atoms with E-state index in [1.165, 1.54) is 18.4 Å². The monoisotopic (exact) mass is 267 g/mol. The molecule has 1 aliphatic rings. The first-order valence-electron chi connectivity index (χ1n) is 6.34. The van der Waals surface area contributed by atoms with Crippen molar-refractivity contribution in [3.63, 3.8) is 0 Å². The predicted octanol–water partition coefficient (Wildman–Crippen LogP) is 2.19. The summed E-state index contributed by atoms with van der Waals surface area (Å²) in [6.45, 7) is 3.16. The molecule has 1 fully saturated rings. The molecule has 4 N–H and O–H groups in total. The van der Waals surface area contributed by atoms with Crippen LogP contribution >= 0.6 is 11.3 Å². The number of nitrogens with zero attached hydrogens (tertiary/aromatic N) is 1. The van der Waals surface area contributed by atoms with Gasteiger partial charge in [0.2, 0.25) is 0 Å². The van der Waals surface area contributed by atoms with E-state index in [0.29, 0.717) is 18.3 Å². The van der Waals surface area contributed by atoms with Crippen LogP contribution in [-0.4, -0.2) is 23.6 Å². The van der Waals surface area contributed by atoms with E-state index in [4.69, 9.17) is 10.9 Å². The highest BCUT2D eigenvalue weighted by Crippen LogP contribution is 2.48. The summed E-state index contributed by atoms with van der Waals surface area (Å²) in [5.74, 6) is 0.347. The van der Waals surface area contributed by atoms with Gasteiger partial charge in [-0.05, 0) is 54.0 Å². The molecule has 5 heteroatoms. The van der Waals surface area contributed by atoms with E-state index in [1.807, 2.05) is 0 Å². The Bertz CT molecular complexity index is 398. The molecule has 1 aromatic rings. The largest absolute Gasteiger partial charge is 0.409 e. The third-order valence-corrected chi connectivity index (χ3v) is 4.32. The highest BCUT2D eigenvalue weighted by Gasteiger charge is 2.43. The smallest absolute Gasteiger partial charge is 0.139 e. The summed E-state index contributed by atoms with van der Waals surface area (Å²) >= 11 is 1.74. The molecule has 1 heterocycles. The normalized spacial score (nSPS) is 19.7. The third-order valence-electron chi connectivity index (χ3n) is 3.59. The zero-order chi connectivity index (χ0) is 13.0. The second-order valence-electron chi connectivity index (χ2n) is 5.39. The molecule has 0 aliphatic heterocycles. The van der Waals surface area contributed by atoms with E-state index < -0.39 is 0 Å². The summed E-state index contributed by atoms with van der Waals surface area (Å²) in [5.41, 5.74) is 7.21. The standard InChI is InChI=1S/C13H21N3OS/c1-10(6-11-2-5-18-8-11)15-9-13(3-4-13)7-12(14)16-17/h2,5,8,10,15,17H,3-4,6-7,9H2,1H3,(H2,14,16). The van der Waals surface area contributed by atoms with Crippen molar-refractivity contribution in [3.8, 4) is 0 Å². The van der Waals surface area contributed by atoms with Crippen molar-refractivity contribution in [2.24, 2.45) is 16.3 Å². The first kappa shape index (κ1) is 13.4. The molecular formula is C13H21N3OS. The predicted molar refractivity (Wildman–Crippen MR) is 75.2 cm³/mol. The van der Waals surface area contributed by atoms with Gasteiger partial charge in [-0.3, -0.25) is 0 Å². The number of nitrogens with two attached hydrogens (primary N) is 1. The Labute approximate surface area is 112 Å². The van der Waals surface area contributed by atoms with Crippen molar-refractivity contribution in [1.29, 1.82) is 0 Å². The van der Waals surface area contributed by atoms with Gasteiger partial charge in [0.25, 0.3) is 0 Å². The minimum absolute atomic E-state index is 0.235. The molecule has 0 saturated heterocycles. The molecule has 0 amide bonds. The fraction of sp³-hybridized carbons (Fsp3) is 0.615. The van der Waals surface area contributed by atoms with Crippen LogP contribution in [-0.2, 0) is 6.42 Å². The molecule has 18 heavy (non-hydrogen) atoms. The van der Waals surface area contributed by atoms with Crippen molar-refractivity contribution < 1.29 is 5.21 Å². The van der Waals surface area contributed by atoms with Gasteiger partial charge in [0.05, 0.1) is 0 Å². The second-order valence-corrected chi connectivity index (χ2v) is 6.17. The highest BCUT2D eigenvalue weighted by molar-refractivity contribution is 7.07. The van der Waals surface area contributed by atoms with Crippen LogP contribution in [0.15, 0.2) is 22.0 Å². The van der Waals surface area contributed by atoms with E-state index >= 15 is 0 Å². The van der Waals surface area contributed by atoms with Crippen LogP contribution in [0.5, 0.6) is 0 Å². The van der Waals surface area contributed by atoms with Gasteiger partial charge >= 0.3 is 0 Å². The van der Waals surface area contributed by atoms with Crippen LogP contribution in [0.4, 0.5) is 0 Å². The molecule has 0 aromatic carbocycles. The lowest BCUT2D eigenvalue weighted by Gasteiger charge is -2.19. The molecule has 2 rings (SSSR count). The zero-order valence-corrected chi connectivity index (χ0v) is 11.5. The van der Waals surface area contributed by atoms with Crippen LogP contribution in [0.3, 0.4) is 0 Å². The molecule has 4 nitrogen and oxygen atoms in total. The molecule has 1 aromatic heterocycles. The van der Waals surface area contributed by atoms with Crippen LogP contribution in [0.2, 0.25) is 0 Å². The summed E-state index contributed by atoms with van der Waals surface area (Å²) in [4.78, 5) is 0. The van der Waals surface area contributed by atoms with Gasteiger partial charge < -0.3 is 16.3 Å². The average Bonchev–Trinajstić information content (AvgIpc) is 2.92. The molecule has 1 atom stereocenters. The van der Waals surface area contributed by atoms with E-state index in [2.05, 4.69) is 34.2 Å². The Hall–Kier alpha value is -1.07. The minimum atomic E-state index is 0.235. The second kappa shape index (κ2) is 5.71. The van der Waals surface area contributed by atoms with Gasteiger partial charge in [-0.15, -0.1) is 0 Å². The van der Waals surface area contributed by atoms with Crippen LogP contribution in [0, 0.1) is 5.41 Å². The molecule has 0 spiro atoms. The Balaban J connectivity index is 1.74. The lowest BCUT2D eigenvalue weighted by Crippen LogP contribution is -2.35. The summed E-state index contributed by atoms with van der Waals surface area (Å²) in [6, 6.07) is 2.64. The van der Waals surface area contributed by atoms with Gasteiger partial charge in [-0.2, -0.15) is 11.3 Å². The molecule has 100 valence electrons. The fourth-order valence-corrected chi connectivity index (χ4v) is 2.92. The number of nitrogens with one attached hydrogen (secondary N) is 1. The van der Waals surface area contributed by atoms with E-state index in [-0.39, 0.29) is 5.41 Å². The Morgan fingerprint density at radius 2 is 2.44 bits per heavy atom. The van der Waals surface area contributed by atoms with Crippen LogP contribution in [0.25, 0.3) is 0 Å². The maximum Gasteiger partial charge on any atom is 0.139 e. The van der Waals surface area contributed by atoms with Gasteiger partial charge in [-0.1, -0.05) is 5.16 Å². The quantitative estimate of drug-likeness (QED) is 0.307.